The molecular weight excluding hydrogens is 237 g/mol. The molecule has 1 rings (SSSR count). The number of alkyl halides is 3. The first-order chi connectivity index (χ1) is 6.86. The summed E-state index contributed by atoms with van der Waals surface area (Å²) >= 11 is 5.36. The molecule has 0 fully saturated rings. The topological polar surface area (TPSA) is 52.1 Å². The average Bonchev–Trinajstić information content (AvgIpc) is 2.15. The molecule has 0 spiro atoms. The molecule has 4 nitrogen and oxygen atoms in total. The molecular formula is C7H4ClF3N2O2. The molecule has 0 aliphatic carbocycles. The van der Waals surface area contributed by atoms with Gasteiger partial charge in [-0.15, -0.1) is 0 Å². The number of carbonyl (C=O) groups excluding carboxylic acids is 1. The Bertz CT molecular complexity index is 394. The van der Waals surface area contributed by atoms with Crippen molar-refractivity contribution in [2.24, 2.45) is 0 Å². The maximum atomic E-state index is 12.1. The van der Waals surface area contributed by atoms with Gasteiger partial charge in [0.05, 0.1) is 7.11 Å². The molecule has 0 saturated carbocycles. The van der Waals surface area contributed by atoms with Crippen LogP contribution in [0.25, 0.3) is 0 Å². The van der Waals surface area contributed by atoms with E-state index in [1.165, 1.54) is 0 Å². The summed E-state index contributed by atoms with van der Waals surface area (Å²) in [6.45, 7) is 0. The molecule has 15 heavy (non-hydrogen) atoms. The first kappa shape index (κ1) is 11.7. The summed E-state index contributed by atoms with van der Waals surface area (Å²) in [7, 11) is 1.07. The summed E-state index contributed by atoms with van der Waals surface area (Å²) in [5.74, 6) is -2.30. The molecule has 1 aromatic rings. The van der Waals surface area contributed by atoms with Crippen LogP contribution in [0.1, 0.15) is 16.2 Å². The third-order valence-corrected chi connectivity index (χ3v) is 1.69. The fourth-order valence-corrected chi connectivity index (χ4v) is 0.950. The Balaban J connectivity index is 3.15. The number of ether oxygens (including phenoxy) is 1. The van der Waals surface area contributed by atoms with E-state index in [-0.39, 0.29) is 5.56 Å². The van der Waals surface area contributed by atoms with Gasteiger partial charge >= 0.3 is 12.1 Å². The van der Waals surface area contributed by atoms with Gasteiger partial charge in [-0.25, -0.2) is 14.8 Å². The monoisotopic (exact) mass is 240 g/mol. The van der Waals surface area contributed by atoms with Gasteiger partial charge < -0.3 is 4.74 Å². The highest BCUT2D eigenvalue weighted by molar-refractivity contribution is 6.32. The highest BCUT2D eigenvalue weighted by Crippen LogP contribution is 2.27. The Morgan fingerprint density at radius 3 is 2.53 bits per heavy atom. The van der Waals surface area contributed by atoms with Crippen molar-refractivity contribution in [2.75, 3.05) is 7.11 Å². The van der Waals surface area contributed by atoms with E-state index >= 15 is 0 Å². The van der Waals surface area contributed by atoms with Crippen LogP contribution < -0.4 is 0 Å². The number of hydrogen-bond donors (Lipinski definition) is 0. The Morgan fingerprint density at radius 2 is 2.13 bits per heavy atom. The van der Waals surface area contributed by atoms with Gasteiger partial charge in [-0.05, 0) is 0 Å². The second-order valence-electron chi connectivity index (χ2n) is 2.39. The Hall–Kier alpha value is -1.37. The Labute approximate surface area is 87.0 Å². The van der Waals surface area contributed by atoms with Crippen LogP contribution in [0.2, 0.25) is 5.15 Å². The minimum absolute atomic E-state index is 0.313. The van der Waals surface area contributed by atoms with Crippen molar-refractivity contribution in [2.45, 2.75) is 6.18 Å². The average molecular weight is 241 g/mol. The van der Waals surface area contributed by atoms with Gasteiger partial charge in [-0.3, -0.25) is 0 Å². The Morgan fingerprint density at radius 1 is 1.53 bits per heavy atom. The molecule has 1 heterocycles. The molecule has 0 radical (unpaired) electrons. The zero-order valence-corrected chi connectivity index (χ0v) is 8.06. The van der Waals surface area contributed by atoms with Crippen LogP contribution in [-0.2, 0) is 10.9 Å². The fraction of sp³-hybridized carbons (Fsp3) is 0.286. The van der Waals surface area contributed by atoms with Gasteiger partial charge in [-0.2, -0.15) is 13.2 Å². The number of hydrogen-bond acceptors (Lipinski definition) is 4. The summed E-state index contributed by atoms with van der Waals surface area (Å²) in [5, 5.41) is -0.593. The van der Waals surface area contributed by atoms with Gasteiger partial charge in [0.25, 0.3) is 0 Å². The Kier molecular flexibility index (Phi) is 3.13. The van der Waals surface area contributed by atoms with E-state index in [0.717, 1.165) is 7.11 Å². The first-order valence-corrected chi connectivity index (χ1v) is 3.92. The fourth-order valence-electron chi connectivity index (χ4n) is 0.744. The summed E-state index contributed by atoms with van der Waals surface area (Å²) in [4.78, 5) is 16.8. The van der Waals surface area contributed by atoms with E-state index in [4.69, 9.17) is 11.6 Å². The minimum atomic E-state index is -4.70. The highest BCUT2D eigenvalue weighted by atomic mass is 35.5. The number of halogens is 4. The SMILES string of the molecule is COC(=O)c1cnc(C(F)(F)F)nc1Cl. The van der Waals surface area contributed by atoms with Crippen molar-refractivity contribution in [3.63, 3.8) is 0 Å². The number of rotatable bonds is 1. The summed E-state index contributed by atoms with van der Waals surface area (Å²) in [5.41, 5.74) is -0.313. The van der Waals surface area contributed by atoms with Crippen LogP contribution in [0.5, 0.6) is 0 Å². The molecule has 0 N–H and O–H groups in total. The predicted molar refractivity (Wildman–Crippen MR) is 43.4 cm³/mol. The molecule has 8 heteroatoms. The largest absolute Gasteiger partial charge is 0.465 e. The third kappa shape index (κ3) is 2.56. The summed E-state index contributed by atoms with van der Waals surface area (Å²) in [6.07, 6.45) is -4.03. The van der Waals surface area contributed by atoms with Crippen molar-refractivity contribution in [1.82, 2.24) is 9.97 Å². The van der Waals surface area contributed by atoms with Crippen molar-refractivity contribution in [3.8, 4) is 0 Å². The number of esters is 1. The lowest BCUT2D eigenvalue weighted by Gasteiger charge is -2.06. The van der Waals surface area contributed by atoms with Gasteiger partial charge in [-0.1, -0.05) is 11.6 Å². The van der Waals surface area contributed by atoms with Crippen LogP contribution in [0.15, 0.2) is 6.20 Å². The highest BCUT2D eigenvalue weighted by Gasteiger charge is 2.35. The zero-order chi connectivity index (χ0) is 11.6. The van der Waals surface area contributed by atoms with Gasteiger partial charge in [0.1, 0.15) is 10.7 Å². The third-order valence-electron chi connectivity index (χ3n) is 1.40. The van der Waals surface area contributed by atoms with Gasteiger partial charge in [0.2, 0.25) is 5.82 Å². The first-order valence-electron chi connectivity index (χ1n) is 3.54. The van der Waals surface area contributed by atoms with E-state index < -0.39 is 23.1 Å². The quantitative estimate of drug-likeness (QED) is 0.556. The number of carbonyl (C=O) groups is 1. The lowest BCUT2D eigenvalue weighted by Crippen LogP contribution is -2.13. The van der Waals surface area contributed by atoms with Gasteiger partial charge in [0, 0.05) is 6.20 Å². The van der Waals surface area contributed by atoms with Crippen LogP contribution in [0.3, 0.4) is 0 Å². The molecule has 0 aromatic carbocycles. The normalized spacial score (nSPS) is 11.3. The second kappa shape index (κ2) is 4.01. The van der Waals surface area contributed by atoms with E-state index in [1.807, 2.05) is 0 Å². The smallest absolute Gasteiger partial charge is 0.451 e. The van der Waals surface area contributed by atoms with Crippen LogP contribution in [0.4, 0.5) is 13.2 Å². The molecule has 0 bridgehead atoms. The zero-order valence-electron chi connectivity index (χ0n) is 7.30. The molecule has 0 unspecified atom stereocenters. The molecule has 0 amide bonds. The number of nitrogens with zero attached hydrogens (tertiary/aromatic N) is 2. The van der Waals surface area contributed by atoms with E-state index in [0.29, 0.717) is 6.20 Å². The maximum absolute atomic E-state index is 12.1. The number of aromatic nitrogens is 2. The van der Waals surface area contributed by atoms with Crippen molar-refractivity contribution in [3.05, 3.63) is 22.7 Å². The molecule has 0 aliphatic rings. The molecule has 0 aliphatic heterocycles. The second-order valence-corrected chi connectivity index (χ2v) is 2.75. The van der Waals surface area contributed by atoms with Crippen molar-refractivity contribution in [1.29, 1.82) is 0 Å². The predicted octanol–water partition coefficient (Wildman–Crippen LogP) is 1.94. The lowest BCUT2D eigenvalue weighted by atomic mass is 10.3. The number of methoxy groups -OCH3 is 1. The summed E-state index contributed by atoms with van der Waals surface area (Å²) < 4.78 is 40.5. The molecule has 0 saturated heterocycles. The summed E-state index contributed by atoms with van der Waals surface area (Å²) in [6, 6.07) is 0. The van der Waals surface area contributed by atoms with Crippen molar-refractivity contribution >= 4 is 17.6 Å². The van der Waals surface area contributed by atoms with E-state index in [2.05, 4.69) is 14.7 Å². The minimum Gasteiger partial charge on any atom is -0.465 e. The van der Waals surface area contributed by atoms with Crippen LogP contribution >= 0.6 is 11.6 Å². The lowest BCUT2D eigenvalue weighted by molar-refractivity contribution is -0.145. The van der Waals surface area contributed by atoms with Crippen molar-refractivity contribution < 1.29 is 22.7 Å². The van der Waals surface area contributed by atoms with Crippen LogP contribution in [0, 0.1) is 0 Å². The van der Waals surface area contributed by atoms with E-state index in [9.17, 15) is 18.0 Å². The molecule has 82 valence electrons. The van der Waals surface area contributed by atoms with Gasteiger partial charge in [0.15, 0.2) is 0 Å². The van der Waals surface area contributed by atoms with Crippen LogP contribution in [-0.4, -0.2) is 23.0 Å². The molecule has 0 atom stereocenters. The maximum Gasteiger partial charge on any atom is 0.451 e. The standard InChI is InChI=1S/C7H4ClF3N2O2/c1-15-5(14)3-2-12-6(7(9,10)11)13-4(3)8/h2H,1H3. The van der Waals surface area contributed by atoms with E-state index in [1.54, 1.807) is 0 Å². The molecule has 1 aromatic heterocycles.